The monoisotopic (exact) mass is 270 g/mol. The van der Waals surface area contributed by atoms with Gasteiger partial charge in [0.15, 0.2) is 0 Å². The van der Waals surface area contributed by atoms with Gasteiger partial charge < -0.3 is 10.1 Å². The van der Waals surface area contributed by atoms with Crippen LogP contribution in [0.2, 0.25) is 0 Å². The maximum Gasteiger partial charge on any atom is 0.130 e. The van der Waals surface area contributed by atoms with E-state index >= 15 is 0 Å². The third-order valence-electron chi connectivity index (χ3n) is 3.05. The van der Waals surface area contributed by atoms with Gasteiger partial charge in [0.25, 0.3) is 0 Å². The lowest BCUT2D eigenvalue weighted by atomic mass is 10.1. The van der Waals surface area contributed by atoms with Gasteiger partial charge in [-0.05, 0) is 55.3 Å². The molecule has 1 N–H and O–H groups in total. The average molecular weight is 270 g/mol. The second kappa shape index (κ2) is 7.06. The fourth-order valence-corrected chi connectivity index (χ4v) is 2.09. The van der Waals surface area contributed by atoms with Crippen LogP contribution >= 0.6 is 0 Å². The third-order valence-corrected chi connectivity index (χ3v) is 3.05. The molecule has 3 nitrogen and oxygen atoms in total. The lowest BCUT2D eigenvalue weighted by Crippen LogP contribution is -2.12. The first kappa shape index (κ1) is 14.5. The smallest absolute Gasteiger partial charge is 0.130 e. The Morgan fingerprint density at radius 3 is 2.45 bits per heavy atom. The minimum absolute atomic E-state index is 0.504. The Hall–Kier alpha value is -1.87. The number of ether oxygens (including phenoxy) is 1. The van der Waals surface area contributed by atoms with Gasteiger partial charge in [0.2, 0.25) is 0 Å². The molecule has 0 fully saturated rings. The van der Waals surface area contributed by atoms with Crippen LogP contribution in [0.4, 0.5) is 0 Å². The number of rotatable bonds is 6. The summed E-state index contributed by atoms with van der Waals surface area (Å²) in [7, 11) is 0. The van der Waals surface area contributed by atoms with Crippen LogP contribution in [0.15, 0.2) is 36.5 Å². The van der Waals surface area contributed by atoms with E-state index in [0.29, 0.717) is 6.61 Å². The highest BCUT2D eigenvalue weighted by Crippen LogP contribution is 2.17. The number of aromatic nitrogens is 1. The Kier molecular flexibility index (Phi) is 5.13. The normalized spacial score (nSPS) is 10.6. The molecule has 0 saturated heterocycles. The molecule has 1 heterocycles. The molecule has 0 bridgehead atoms. The van der Waals surface area contributed by atoms with Crippen LogP contribution in [0.3, 0.4) is 0 Å². The van der Waals surface area contributed by atoms with E-state index in [1.807, 2.05) is 24.4 Å². The minimum Gasteiger partial charge on any atom is -0.487 e. The summed E-state index contributed by atoms with van der Waals surface area (Å²) >= 11 is 0. The summed E-state index contributed by atoms with van der Waals surface area (Å²) in [5.74, 6) is 0.904. The Balaban J connectivity index is 1.93. The van der Waals surface area contributed by atoms with Crippen molar-refractivity contribution in [2.45, 2.75) is 33.9 Å². The number of hydrogen-bond acceptors (Lipinski definition) is 3. The zero-order valence-electron chi connectivity index (χ0n) is 12.4. The van der Waals surface area contributed by atoms with Crippen molar-refractivity contribution in [1.29, 1.82) is 0 Å². The second-order valence-corrected chi connectivity index (χ2v) is 5.05. The summed E-state index contributed by atoms with van der Waals surface area (Å²) in [6.45, 7) is 8.59. The maximum absolute atomic E-state index is 5.80. The van der Waals surface area contributed by atoms with Gasteiger partial charge in [0.05, 0.1) is 5.69 Å². The Bertz CT molecular complexity index is 529. The fourth-order valence-electron chi connectivity index (χ4n) is 2.09. The van der Waals surface area contributed by atoms with Gasteiger partial charge in [-0.2, -0.15) is 0 Å². The lowest BCUT2D eigenvalue weighted by Gasteiger charge is -2.08. The van der Waals surface area contributed by atoms with Gasteiger partial charge >= 0.3 is 0 Å². The van der Waals surface area contributed by atoms with Gasteiger partial charge in [-0.25, -0.2) is 0 Å². The van der Waals surface area contributed by atoms with Crippen molar-refractivity contribution >= 4 is 0 Å². The predicted octanol–water partition coefficient (Wildman–Crippen LogP) is 3.39. The molecule has 3 heteroatoms. The molecule has 0 aliphatic heterocycles. The second-order valence-electron chi connectivity index (χ2n) is 5.05. The first-order chi connectivity index (χ1) is 9.67. The van der Waals surface area contributed by atoms with Gasteiger partial charge in [0, 0.05) is 12.7 Å². The molecule has 0 aliphatic carbocycles. The highest BCUT2D eigenvalue weighted by Gasteiger charge is 2.00. The van der Waals surface area contributed by atoms with E-state index in [1.165, 1.54) is 16.7 Å². The van der Waals surface area contributed by atoms with Crippen molar-refractivity contribution in [2.75, 3.05) is 6.54 Å². The molecule has 106 valence electrons. The number of nitrogens with one attached hydrogen (secondary N) is 1. The first-order valence-corrected chi connectivity index (χ1v) is 7.03. The van der Waals surface area contributed by atoms with Crippen LogP contribution in [0.25, 0.3) is 0 Å². The fraction of sp³-hybridized carbons (Fsp3) is 0.353. The number of pyridine rings is 1. The van der Waals surface area contributed by atoms with E-state index in [-0.39, 0.29) is 0 Å². The number of benzene rings is 1. The largest absolute Gasteiger partial charge is 0.487 e. The molecular weight excluding hydrogens is 248 g/mol. The molecule has 0 atom stereocenters. The molecule has 2 aromatic rings. The highest BCUT2D eigenvalue weighted by molar-refractivity contribution is 5.33. The van der Waals surface area contributed by atoms with E-state index in [2.05, 4.69) is 43.2 Å². The lowest BCUT2D eigenvalue weighted by molar-refractivity contribution is 0.301. The molecule has 0 aliphatic rings. The standard InChI is InChI=1S/C17H22N2O/c1-4-18-10-15-5-6-16(19-11-15)12-20-17-8-13(2)7-14(3)9-17/h5-9,11,18H,4,10,12H2,1-3H3. The van der Waals surface area contributed by atoms with E-state index in [1.54, 1.807) is 0 Å². The molecule has 1 aromatic heterocycles. The van der Waals surface area contributed by atoms with Crippen molar-refractivity contribution in [2.24, 2.45) is 0 Å². The van der Waals surface area contributed by atoms with E-state index in [9.17, 15) is 0 Å². The molecule has 0 saturated carbocycles. The van der Waals surface area contributed by atoms with Crippen LogP contribution in [-0.2, 0) is 13.2 Å². The Morgan fingerprint density at radius 2 is 1.85 bits per heavy atom. The van der Waals surface area contributed by atoms with Crippen LogP contribution in [-0.4, -0.2) is 11.5 Å². The van der Waals surface area contributed by atoms with Gasteiger partial charge in [-0.3, -0.25) is 4.98 Å². The Labute approximate surface area is 121 Å². The van der Waals surface area contributed by atoms with Crippen LogP contribution in [0.1, 0.15) is 29.3 Å². The van der Waals surface area contributed by atoms with Crippen molar-refractivity contribution in [3.05, 3.63) is 58.9 Å². The van der Waals surface area contributed by atoms with Gasteiger partial charge in [-0.15, -0.1) is 0 Å². The maximum atomic E-state index is 5.80. The summed E-state index contributed by atoms with van der Waals surface area (Å²) in [4.78, 5) is 4.43. The topological polar surface area (TPSA) is 34.1 Å². The van der Waals surface area contributed by atoms with E-state index in [0.717, 1.165) is 24.5 Å². The zero-order valence-corrected chi connectivity index (χ0v) is 12.4. The van der Waals surface area contributed by atoms with Crippen molar-refractivity contribution in [3.63, 3.8) is 0 Å². The molecule has 1 aromatic carbocycles. The highest BCUT2D eigenvalue weighted by atomic mass is 16.5. The van der Waals surface area contributed by atoms with Crippen LogP contribution in [0.5, 0.6) is 5.75 Å². The summed E-state index contributed by atoms with van der Waals surface area (Å²) in [6.07, 6.45) is 1.91. The minimum atomic E-state index is 0.504. The third kappa shape index (κ3) is 4.35. The summed E-state index contributed by atoms with van der Waals surface area (Å²) in [5, 5.41) is 3.28. The number of aryl methyl sites for hydroxylation is 2. The molecular formula is C17H22N2O. The van der Waals surface area contributed by atoms with Crippen LogP contribution < -0.4 is 10.1 Å². The number of nitrogens with zero attached hydrogens (tertiary/aromatic N) is 1. The quantitative estimate of drug-likeness (QED) is 0.873. The number of hydrogen-bond donors (Lipinski definition) is 1. The van der Waals surface area contributed by atoms with Crippen LogP contribution in [0, 0.1) is 13.8 Å². The first-order valence-electron chi connectivity index (χ1n) is 7.03. The zero-order chi connectivity index (χ0) is 14.4. The molecule has 0 spiro atoms. The van der Waals surface area contributed by atoms with Gasteiger partial charge in [-0.1, -0.05) is 19.1 Å². The summed E-state index contributed by atoms with van der Waals surface area (Å²) in [6, 6.07) is 10.4. The molecule has 0 unspecified atom stereocenters. The van der Waals surface area contributed by atoms with E-state index in [4.69, 9.17) is 4.74 Å². The van der Waals surface area contributed by atoms with Crippen molar-refractivity contribution < 1.29 is 4.74 Å². The van der Waals surface area contributed by atoms with Gasteiger partial charge in [0.1, 0.15) is 12.4 Å². The molecule has 0 radical (unpaired) electrons. The van der Waals surface area contributed by atoms with E-state index < -0.39 is 0 Å². The summed E-state index contributed by atoms with van der Waals surface area (Å²) < 4.78 is 5.80. The molecule has 2 rings (SSSR count). The Morgan fingerprint density at radius 1 is 1.10 bits per heavy atom. The predicted molar refractivity (Wildman–Crippen MR) is 81.9 cm³/mol. The SMILES string of the molecule is CCNCc1ccc(COc2cc(C)cc(C)c2)nc1. The average Bonchev–Trinajstić information content (AvgIpc) is 2.43. The molecule has 0 amide bonds. The van der Waals surface area contributed by atoms with Crippen molar-refractivity contribution in [1.82, 2.24) is 10.3 Å². The summed E-state index contributed by atoms with van der Waals surface area (Å²) in [5.41, 5.74) is 4.58. The van der Waals surface area contributed by atoms with Crippen molar-refractivity contribution in [3.8, 4) is 5.75 Å². The molecule has 20 heavy (non-hydrogen) atoms.